The maximum atomic E-state index is 2.50. The molecule has 0 N–H and O–H groups in total. The molecule has 3 aliphatic rings. The molecule has 2 aliphatic heterocycles. The normalized spacial score (nSPS) is 16.1. The van der Waals surface area contributed by atoms with E-state index < -0.39 is 0 Å². The zero-order valence-corrected chi connectivity index (χ0v) is 28.5. The molecule has 0 amide bonds. The van der Waals surface area contributed by atoms with Crippen LogP contribution in [0.1, 0.15) is 28.2 Å². The van der Waals surface area contributed by atoms with Crippen molar-refractivity contribution in [3.8, 4) is 22.3 Å². The third-order valence-electron chi connectivity index (χ3n) is 10.3. The SMILES string of the molecule is B1=C/C2Cc3ccccc3Sc3cc(-c4c5ccccc5c(-c5ccc6c(c5)C=CC=CC6)c5ccccc45)cc(c32)Sc2ccccc2/1. The molecule has 0 fully saturated rings. The Morgan fingerprint density at radius 1 is 0.531 bits per heavy atom. The molecule has 10 rings (SSSR count). The Labute approximate surface area is 296 Å². The molecule has 7 aromatic rings. The molecular formula is C46H31BS2. The van der Waals surface area contributed by atoms with Gasteiger partial charge in [-0.15, -0.1) is 0 Å². The van der Waals surface area contributed by atoms with E-state index in [4.69, 9.17) is 0 Å². The van der Waals surface area contributed by atoms with E-state index in [1.807, 2.05) is 23.5 Å². The molecule has 0 radical (unpaired) electrons. The van der Waals surface area contributed by atoms with Gasteiger partial charge in [-0.25, -0.2) is 0 Å². The Balaban J connectivity index is 1.25. The topological polar surface area (TPSA) is 0 Å². The average molecular weight is 659 g/mol. The van der Waals surface area contributed by atoms with E-state index in [1.165, 1.54) is 91.1 Å². The fourth-order valence-electron chi connectivity index (χ4n) is 8.00. The number of hydrogen-bond acceptors (Lipinski definition) is 2. The van der Waals surface area contributed by atoms with Crippen LogP contribution in [0.25, 0.3) is 49.9 Å². The number of rotatable bonds is 2. The van der Waals surface area contributed by atoms with Crippen LogP contribution in [0.3, 0.4) is 0 Å². The predicted molar refractivity (Wildman–Crippen MR) is 213 cm³/mol. The molecule has 0 aromatic heterocycles. The van der Waals surface area contributed by atoms with Crippen molar-refractivity contribution < 1.29 is 0 Å². The number of hydrogen-bond donors (Lipinski definition) is 0. The van der Waals surface area contributed by atoms with Crippen LogP contribution < -0.4 is 5.46 Å². The van der Waals surface area contributed by atoms with Crippen molar-refractivity contribution in [2.75, 3.05) is 0 Å². The second-order valence-corrected chi connectivity index (χ2v) is 15.3. The molecule has 230 valence electrons. The summed E-state index contributed by atoms with van der Waals surface area (Å²) in [5.41, 5.74) is 12.0. The van der Waals surface area contributed by atoms with Crippen molar-refractivity contribution in [1.29, 1.82) is 0 Å². The van der Waals surface area contributed by atoms with E-state index in [0.29, 0.717) is 5.92 Å². The van der Waals surface area contributed by atoms with E-state index in [0.717, 1.165) is 12.8 Å². The molecule has 2 heterocycles. The van der Waals surface area contributed by atoms with Crippen molar-refractivity contribution in [2.24, 2.45) is 0 Å². The molecule has 0 bridgehead atoms. The monoisotopic (exact) mass is 658 g/mol. The van der Waals surface area contributed by atoms with Crippen LogP contribution in [0.2, 0.25) is 0 Å². The van der Waals surface area contributed by atoms with Crippen molar-refractivity contribution in [1.82, 2.24) is 0 Å². The van der Waals surface area contributed by atoms with Crippen LogP contribution in [0.5, 0.6) is 0 Å². The Bertz CT molecular complexity index is 2520. The van der Waals surface area contributed by atoms with Gasteiger partial charge in [0.1, 0.15) is 0 Å². The van der Waals surface area contributed by atoms with E-state index in [9.17, 15) is 0 Å². The Kier molecular flexibility index (Phi) is 7.10. The third-order valence-corrected chi connectivity index (χ3v) is 12.6. The Hall–Kier alpha value is -4.83. The summed E-state index contributed by atoms with van der Waals surface area (Å²) < 4.78 is 0. The van der Waals surface area contributed by atoms with E-state index in [2.05, 4.69) is 165 Å². The molecule has 1 aliphatic carbocycles. The summed E-state index contributed by atoms with van der Waals surface area (Å²) in [5, 5.41) is 5.17. The van der Waals surface area contributed by atoms with Gasteiger partial charge in [0.05, 0.1) is 0 Å². The molecule has 1 atom stereocenters. The van der Waals surface area contributed by atoms with Gasteiger partial charge in [-0.1, -0.05) is 30.4 Å². The van der Waals surface area contributed by atoms with Crippen molar-refractivity contribution in [2.45, 2.75) is 38.3 Å². The summed E-state index contributed by atoms with van der Waals surface area (Å²) in [6.07, 6.45) is 10.8. The Morgan fingerprint density at radius 2 is 1.16 bits per heavy atom. The number of allylic oxidation sites excluding steroid dienone is 3. The van der Waals surface area contributed by atoms with Gasteiger partial charge in [0.25, 0.3) is 0 Å². The van der Waals surface area contributed by atoms with Crippen molar-refractivity contribution >= 4 is 69.5 Å². The second-order valence-electron chi connectivity index (χ2n) is 13.2. The van der Waals surface area contributed by atoms with Gasteiger partial charge in [0, 0.05) is 0 Å². The van der Waals surface area contributed by atoms with Crippen LogP contribution in [-0.4, -0.2) is 12.9 Å². The molecule has 0 nitrogen and oxygen atoms in total. The van der Waals surface area contributed by atoms with Crippen LogP contribution >= 0.6 is 23.5 Å². The number of fused-ring (bicyclic) bond motifs is 5. The van der Waals surface area contributed by atoms with Crippen molar-refractivity contribution in [3.05, 3.63) is 168 Å². The molecule has 3 heteroatoms. The zero-order valence-electron chi connectivity index (χ0n) is 26.9. The molecule has 0 spiro atoms. The van der Waals surface area contributed by atoms with Gasteiger partial charge in [-0.3, -0.25) is 0 Å². The zero-order chi connectivity index (χ0) is 32.3. The third kappa shape index (κ3) is 4.99. The Morgan fingerprint density at radius 3 is 1.92 bits per heavy atom. The van der Waals surface area contributed by atoms with Gasteiger partial charge in [-0.05, 0) is 17.5 Å². The molecule has 0 saturated carbocycles. The number of benzene rings is 7. The van der Waals surface area contributed by atoms with Crippen LogP contribution in [0, 0.1) is 0 Å². The van der Waals surface area contributed by atoms with E-state index in [1.54, 1.807) is 0 Å². The average Bonchev–Trinajstić information content (AvgIpc) is 3.47. The summed E-state index contributed by atoms with van der Waals surface area (Å²) in [4.78, 5) is 5.39. The van der Waals surface area contributed by atoms with Crippen LogP contribution in [0.15, 0.2) is 165 Å². The molecule has 1 unspecified atom stereocenters. The van der Waals surface area contributed by atoms with Gasteiger partial charge in [0.2, 0.25) is 0 Å². The van der Waals surface area contributed by atoms with E-state index >= 15 is 0 Å². The first kappa shape index (κ1) is 29.1. The minimum absolute atomic E-state index is 0.310. The molecular weight excluding hydrogens is 627 g/mol. The quantitative estimate of drug-likeness (QED) is 0.134. The van der Waals surface area contributed by atoms with Crippen LogP contribution in [-0.2, 0) is 12.8 Å². The van der Waals surface area contributed by atoms with Gasteiger partial charge in [-0.2, -0.15) is 0 Å². The van der Waals surface area contributed by atoms with Gasteiger partial charge in [0.15, 0.2) is 0 Å². The molecule has 7 aromatic carbocycles. The summed E-state index contributed by atoms with van der Waals surface area (Å²) in [7, 11) is 0. The first-order chi connectivity index (χ1) is 24.3. The first-order valence-corrected chi connectivity index (χ1v) is 18.7. The fourth-order valence-corrected chi connectivity index (χ4v) is 10.5. The maximum absolute atomic E-state index is 2.50. The van der Waals surface area contributed by atoms with Crippen molar-refractivity contribution in [3.63, 3.8) is 0 Å². The predicted octanol–water partition coefficient (Wildman–Crippen LogP) is 11.5. The standard InChI is InChI=1S/C46H31BS2/c1-2-12-29-22-23-32(24-30(29)13-3-1)44-35-15-5-7-17-37(35)45(38-18-8-6-16-36(38)44)33-26-42-46-34(25-31-14-4-10-20-40(31)48-42)28-47-39-19-9-11-21-41(39)49-43(46)27-33/h1-11,13-24,26-28,34H,12,25H2. The van der Waals surface area contributed by atoms with Gasteiger partial charge >= 0.3 is 250 Å². The van der Waals surface area contributed by atoms with E-state index in [-0.39, 0.29) is 0 Å². The fraction of sp³-hybridized carbons (Fsp3) is 0.0652. The summed E-state index contributed by atoms with van der Waals surface area (Å²) in [6, 6.07) is 48.0. The minimum atomic E-state index is 0.310. The summed E-state index contributed by atoms with van der Waals surface area (Å²) in [5.74, 6) is 2.76. The van der Waals surface area contributed by atoms with Gasteiger partial charge < -0.3 is 0 Å². The molecule has 0 saturated heterocycles. The summed E-state index contributed by atoms with van der Waals surface area (Å²) in [6.45, 7) is 2.35. The summed E-state index contributed by atoms with van der Waals surface area (Å²) >= 11 is 3.87. The molecule has 49 heavy (non-hydrogen) atoms. The first-order valence-electron chi connectivity index (χ1n) is 17.1. The van der Waals surface area contributed by atoms with Crippen LogP contribution in [0.4, 0.5) is 0 Å². The second kappa shape index (κ2) is 11.9.